The number of benzene rings is 1. The molecule has 4 rings (SSSR count). The van der Waals surface area contributed by atoms with Gasteiger partial charge in [-0.15, -0.1) is 0 Å². The van der Waals surface area contributed by atoms with Crippen LogP contribution in [0.25, 0.3) is 11.3 Å². The molecular weight excluding hydrogens is 346 g/mol. The third-order valence-electron chi connectivity index (χ3n) is 4.81. The number of aryl methyl sites for hydroxylation is 1. The van der Waals surface area contributed by atoms with Crippen LogP contribution < -0.4 is 4.74 Å². The zero-order valence-electron chi connectivity index (χ0n) is 16.2. The molecule has 5 heteroatoms. The molecule has 2 aliphatic rings. The summed E-state index contributed by atoms with van der Waals surface area (Å²) in [7, 11) is 0. The first-order chi connectivity index (χ1) is 12.7. The topological polar surface area (TPSA) is 44.5 Å². The highest BCUT2D eigenvalue weighted by Crippen LogP contribution is 2.35. The monoisotopic (exact) mass is 375 g/mol. The van der Waals surface area contributed by atoms with Gasteiger partial charge in [0.05, 0.1) is 24.5 Å². The predicted octanol–water partition coefficient (Wildman–Crippen LogP) is 5.41. The van der Waals surface area contributed by atoms with Crippen molar-refractivity contribution in [1.29, 1.82) is 0 Å². The number of nitrogens with zero attached hydrogens (tertiary/aromatic N) is 1. The molecule has 0 amide bonds. The van der Waals surface area contributed by atoms with E-state index in [-0.39, 0.29) is 0 Å². The Bertz CT molecular complexity index is 728. The molecule has 0 radical (unpaired) electrons. The number of rotatable bonds is 5. The Morgan fingerprint density at radius 2 is 2.08 bits per heavy atom. The van der Waals surface area contributed by atoms with E-state index in [1.165, 1.54) is 24.0 Å². The van der Waals surface area contributed by atoms with Crippen molar-refractivity contribution < 1.29 is 14.0 Å². The van der Waals surface area contributed by atoms with Crippen molar-refractivity contribution in [1.82, 2.24) is 5.16 Å². The van der Waals surface area contributed by atoms with Crippen molar-refractivity contribution in [3.05, 3.63) is 35.0 Å². The van der Waals surface area contributed by atoms with Crippen molar-refractivity contribution in [2.45, 2.75) is 64.9 Å². The summed E-state index contributed by atoms with van der Waals surface area (Å²) in [4.78, 5) is 0. The van der Waals surface area contributed by atoms with Crippen molar-refractivity contribution in [3.63, 3.8) is 0 Å². The summed E-state index contributed by atoms with van der Waals surface area (Å²) in [6, 6.07) is 6.34. The predicted molar refractivity (Wildman–Crippen MR) is 107 cm³/mol. The van der Waals surface area contributed by atoms with E-state index in [4.69, 9.17) is 14.0 Å². The van der Waals surface area contributed by atoms with E-state index < -0.39 is 0 Å². The average molecular weight is 376 g/mol. The summed E-state index contributed by atoms with van der Waals surface area (Å²) in [6.45, 7) is 8.94. The largest absolute Gasteiger partial charge is 0.493 e. The number of hydrogen-bond acceptors (Lipinski definition) is 5. The van der Waals surface area contributed by atoms with Crippen LogP contribution in [0.2, 0.25) is 0 Å². The highest BCUT2D eigenvalue weighted by atomic mass is 32.2. The number of fused-ring (bicyclic) bond motifs is 1. The molecule has 26 heavy (non-hydrogen) atoms. The molecule has 0 bridgehead atoms. The molecule has 1 saturated heterocycles. The number of aromatic nitrogens is 1. The molecule has 3 heterocycles. The Morgan fingerprint density at radius 3 is 2.85 bits per heavy atom. The van der Waals surface area contributed by atoms with E-state index in [9.17, 15) is 0 Å². The standard InChI is InChI=1S/C19H23NO3S.C2H6/c1-12-3-6-16(22-12)10-24-11-17-13(2)20-23-19(17)15-5-4-14-7-8-21-18(14)9-15;1-2/h4-5,9,12,16H,3,6-8,10-11H2,1-2H3;1-2H3. The van der Waals surface area contributed by atoms with Crippen LogP contribution in [0.1, 0.15) is 50.4 Å². The summed E-state index contributed by atoms with van der Waals surface area (Å²) in [6.07, 6.45) is 4.15. The molecule has 0 N–H and O–H groups in total. The van der Waals surface area contributed by atoms with Gasteiger partial charge in [-0.05, 0) is 38.3 Å². The Labute approximate surface area is 160 Å². The zero-order valence-corrected chi connectivity index (χ0v) is 17.0. The van der Waals surface area contributed by atoms with Crippen LogP contribution in [0.5, 0.6) is 5.75 Å². The summed E-state index contributed by atoms with van der Waals surface area (Å²) in [5.74, 6) is 3.78. The van der Waals surface area contributed by atoms with E-state index in [0.717, 1.165) is 47.3 Å². The SMILES string of the molecule is CC.Cc1noc(-c2ccc3c(c2)OCC3)c1CSCC1CCC(C)O1. The minimum absolute atomic E-state index is 0.391. The van der Waals surface area contributed by atoms with Crippen LogP contribution in [0.4, 0.5) is 0 Å². The van der Waals surface area contributed by atoms with Crippen molar-refractivity contribution in [2.24, 2.45) is 0 Å². The lowest BCUT2D eigenvalue weighted by molar-refractivity contribution is 0.0700. The Hall–Kier alpha value is -1.46. The van der Waals surface area contributed by atoms with Gasteiger partial charge in [0.25, 0.3) is 0 Å². The van der Waals surface area contributed by atoms with Gasteiger partial charge in [-0.1, -0.05) is 31.1 Å². The summed E-state index contributed by atoms with van der Waals surface area (Å²) >= 11 is 1.90. The summed E-state index contributed by atoms with van der Waals surface area (Å²) < 4.78 is 17.2. The summed E-state index contributed by atoms with van der Waals surface area (Å²) in [5, 5.41) is 4.19. The quantitative estimate of drug-likeness (QED) is 0.699. The molecule has 4 nitrogen and oxygen atoms in total. The fraction of sp³-hybridized carbons (Fsp3) is 0.571. The molecule has 142 valence electrons. The lowest BCUT2D eigenvalue weighted by Crippen LogP contribution is -2.11. The Balaban J connectivity index is 0.000000948. The highest BCUT2D eigenvalue weighted by molar-refractivity contribution is 7.98. The van der Waals surface area contributed by atoms with Crippen molar-refractivity contribution >= 4 is 11.8 Å². The number of ether oxygens (including phenoxy) is 2. The van der Waals surface area contributed by atoms with Crippen LogP contribution in [-0.4, -0.2) is 29.7 Å². The minimum atomic E-state index is 0.391. The first kappa shape index (κ1) is 19.3. The molecule has 1 aromatic heterocycles. The maximum atomic E-state index is 5.90. The van der Waals surface area contributed by atoms with Gasteiger partial charge in [0, 0.05) is 29.1 Å². The summed E-state index contributed by atoms with van der Waals surface area (Å²) in [5.41, 5.74) is 4.49. The van der Waals surface area contributed by atoms with Crippen LogP contribution in [0, 0.1) is 6.92 Å². The van der Waals surface area contributed by atoms with E-state index in [2.05, 4.69) is 30.3 Å². The van der Waals surface area contributed by atoms with E-state index >= 15 is 0 Å². The van der Waals surface area contributed by atoms with E-state index in [0.29, 0.717) is 12.2 Å². The molecule has 2 unspecified atom stereocenters. The van der Waals surface area contributed by atoms with Gasteiger partial charge in [-0.2, -0.15) is 11.8 Å². The first-order valence-electron chi connectivity index (χ1n) is 9.65. The minimum Gasteiger partial charge on any atom is -0.493 e. The smallest absolute Gasteiger partial charge is 0.171 e. The van der Waals surface area contributed by atoms with Gasteiger partial charge in [-0.3, -0.25) is 0 Å². The second-order valence-corrected chi connectivity index (χ2v) is 7.69. The average Bonchev–Trinajstić information content (AvgIpc) is 3.37. The first-order valence-corrected chi connectivity index (χ1v) is 10.8. The third-order valence-corrected chi connectivity index (χ3v) is 5.91. The van der Waals surface area contributed by atoms with Crippen LogP contribution in [0.15, 0.2) is 22.7 Å². The normalized spacial score (nSPS) is 21.1. The van der Waals surface area contributed by atoms with Crippen LogP contribution in [-0.2, 0) is 16.9 Å². The van der Waals surface area contributed by atoms with Gasteiger partial charge in [0.1, 0.15) is 5.75 Å². The van der Waals surface area contributed by atoms with Gasteiger partial charge >= 0.3 is 0 Å². The van der Waals surface area contributed by atoms with Crippen LogP contribution >= 0.6 is 11.8 Å². The van der Waals surface area contributed by atoms with Gasteiger partial charge in [-0.25, -0.2) is 0 Å². The fourth-order valence-corrected chi connectivity index (χ4v) is 4.56. The maximum Gasteiger partial charge on any atom is 0.171 e. The molecule has 2 atom stereocenters. The third kappa shape index (κ3) is 4.26. The maximum absolute atomic E-state index is 5.90. The number of hydrogen-bond donors (Lipinski definition) is 0. The fourth-order valence-electron chi connectivity index (χ4n) is 3.39. The van der Waals surface area contributed by atoms with E-state index in [1.54, 1.807) is 0 Å². The lowest BCUT2D eigenvalue weighted by Gasteiger charge is -2.10. The molecule has 0 aliphatic carbocycles. The molecule has 2 aromatic rings. The van der Waals surface area contributed by atoms with Gasteiger partial charge in [0.15, 0.2) is 5.76 Å². The molecule has 0 saturated carbocycles. The highest BCUT2D eigenvalue weighted by Gasteiger charge is 2.23. The van der Waals surface area contributed by atoms with Gasteiger partial charge < -0.3 is 14.0 Å². The lowest BCUT2D eigenvalue weighted by atomic mass is 10.0. The zero-order chi connectivity index (χ0) is 18.5. The van der Waals surface area contributed by atoms with Crippen molar-refractivity contribution in [2.75, 3.05) is 12.4 Å². The molecule has 2 aliphatic heterocycles. The van der Waals surface area contributed by atoms with Crippen LogP contribution in [0.3, 0.4) is 0 Å². The number of thioether (sulfide) groups is 1. The molecule has 0 spiro atoms. The molecule has 1 fully saturated rings. The Morgan fingerprint density at radius 1 is 1.23 bits per heavy atom. The molecular formula is C21H29NO3S. The van der Waals surface area contributed by atoms with E-state index in [1.807, 2.05) is 32.5 Å². The molecule has 1 aromatic carbocycles. The second kappa shape index (κ2) is 8.96. The van der Waals surface area contributed by atoms with Crippen molar-refractivity contribution in [3.8, 4) is 17.1 Å². The second-order valence-electron chi connectivity index (χ2n) is 6.66. The Kier molecular flexibility index (Phi) is 6.65. The van der Waals surface area contributed by atoms with Gasteiger partial charge in [0.2, 0.25) is 0 Å².